The van der Waals surface area contributed by atoms with Crippen LogP contribution in [0.15, 0.2) is 30.5 Å². The molecule has 4 nitrogen and oxygen atoms in total. The zero-order valence-corrected chi connectivity index (χ0v) is 12.0. The molecule has 0 spiro atoms. The van der Waals surface area contributed by atoms with Crippen molar-refractivity contribution < 1.29 is 4.39 Å². The summed E-state index contributed by atoms with van der Waals surface area (Å²) in [4.78, 5) is 0. The Labute approximate surface area is 119 Å². The SMILES string of the molecule is CCCNCC(Cc1cn(C)nn1)c1ccccc1F. The standard InChI is InChI=1S/C15H21FN4/c1-3-8-17-10-12(9-13-11-20(2)19-18-13)14-6-4-5-7-15(14)16/h4-7,11-12,17H,3,8-10H2,1-2H3. The summed E-state index contributed by atoms with van der Waals surface area (Å²) in [5, 5.41) is 11.4. The number of halogens is 1. The second-order valence-corrected chi connectivity index (χ2v) is 5.01. The molecule has 0 bridgehead atoms. The van der Waals surface area contributed by atoms with Gasteiger partial charge in [-0.15, -0.1) is 5.10 Å². The normalized spacial score (nSPS) is 12.6. The van der Waals surface area contributed by atoms with Crippen LogP contribution in [0.1, 0.15) is 30.5 Å². The molecule has 0 saturated carbocycles. The lowest BCUT2D eigenvalue weighted by Gasteiger charge is -2.17. The Morgan fingerprint density at radius 2 is 2.15 bits per heavy atom. The maximum absolute atomic E-state index is 14.0. The molecule has 1 atom stereocenters. The third-order valence-corrected chi connectivity index (χ3v) is 3.27. The summed E-state index contributed by atoms with van der Waals surface area (Å²) in [5.41, 5.74) is 1.63. The Balaban J connectivity index is 2.13. The van der Waals surface area contributed by atoms with E-state index >= 15 is 0 Å². The van der Waals surface area contributed by atoms with Gasteiger partial charge in [-0.2, -0.15) is 0 Å². The van der Waals surface area contributed by atoms with Crippen molar-refractivity contribution in [3.8, 4) is 0 Å². The van der Waals surface area contributed by atoms with Gasteiger partial charge in [0.2, 0.25) is 0 Å². The van der Waals surface area contributed by atoms with E-state index in [1.54, 1.807) is 10.7 Å². The number of aryl methyl sites for hydroxylation is 1. The Morgan fingerprint density at radius 3 is 2.80 bits per heavy atom. The third kappa shape index (κ3) is 3.87. The predicted molar refractivity (Wildman–Crippen MR) is 77.0 cm³/mol. The summed E-state index contributed by atoms with van der Waals surface area (Å²) >= 11 is 0. The molecule has 1 aromatic heterocycles. The predicted octanol–water partition coefficient (Wildman–Crippen LogP) is 2.28. The summed E-state index contributed by atoms with van der Waals surface area (Å²) in [6.45, 7) is 3.80. The van der Waals surface area contributed by atoms with Crippen molar-refractivity contribution in [1.82, 2.24) is 20.3 Å². The van der Waals surface area contributed by atoms with Gasteiger partial charge in [0, 0.05) is 32.1 Å². The van der Waals surface area contributed by atoms with E-state index < -0.39 is 0 Å². The van der Waals surface area contributed by atoms with Crippen LogP contribution in [0.5, 0.6) is 0 Å². The van der Waals surface area contributed by atoms with Crippen LogP contribution in [0.25, 0.3) is 0 Å². The second kappa shape index (κ2) is 7.14. The Bertz CT molecular complexity index is 538. The molecule has 108 valence electrons. The van der Waals surface area contributed by atoms with Gasteiger partial charge in [0.1, 0.15) is 5.82 Å². The zero-order chi connectivity index (χ0) is 14.4. The molecule has 0 saturated heterocycles. The smallest absolute Gasteiger partial charge is 0.126 e. The zero-order valence-electron chi connectivity index (χ0n) is 12.0. The van der Waals surface area contributed by atoms with E-state index in [0.29, 0.717) is 6.42 Å². The van der Waals surface area contributed by atoms with E-state index in [1.165, 1.54) is 6.07 Å². The minimum Gasteiger partial charge on any atom is -0.316 e. The first kappa shape index (κ1) is 14.7. The fourth-order valence-corrected chi connectivity index (χ4v) is 2.29. The van der Waals surface area contributed by atoms with Gasteiger partial charge in [-0.1, -0.05) is 30.3 Å². The first-order chi connectivity index (χ1) is 9.70. The molecule has 2 aromatic rings. The highest BCUT2D eigenvalue weighted by Gasteiger charge is 2.17. The van der Waals surface area contributed by atoms with Gasteiger partial charge in [-0.05, 0) is 24.6 Å². The van der Waals surface area contributed by atoms with Gasteiger partial charge in [0.15, 0.2) is 0 Å². The minimum absolute atomic E-state index is 0.0689. The first-order valence-electron chi connectivity index (χ1n) is 7.01. The van der Waals surface area contributed by atoms with Crippen molar-refractivity contribution >= 4 is 0 Å². The molecule has 0 aliphatic heterocycles. The number of hydrogen-bond donors (Lipinski definition) is 1. The largest absolute Gasteiger partial charge is 0.316 e. The van der Waals surface area contributed by atoms with Crippen molar-refractivity contribution in [2.24, 2.45) is 7.05 Å². The number of nitrogens with one attached hydrogen (secondary N) is 1. The molecule has 1 heterocycles. The fourth-order valence-electron chi connectivity index (χ4n) is 2.29. The summed E-state index contributed by atoms with van der Waals surface area (Å²) < 4.78 is 15.7. The van der Waals surface area contributed by atoms with Crippen LogP contribution in [0.4, 0.5) is 4.39 Å². The molecule has 2 rings (SSSR count). The molecular weight excluding hydrogens is 255 g/mol. The molecule has 1 unspecified atom stereocenters. The van der Waals surface area contributed by atoms with Crippen LogP contribution in [0.2, 0.25) is 0 Å². The molecule has 1 aromatic carbocycles. The van der Waals surface area contributed by atoms with Crippen molar-refractivity contribution in [3.63, 3.8) is 0 Å². The maximum Gasteiger partial charge on any atom is 0.126 e. The fraction of sp³-hybridized carbons (Fsp3) is 0.467. The molecule has 1 N–H and O–H groups in total. The molecular formula is C15H21FN4. The summed E-state index contributed by atoms with van der Waals surface area (Å²) in [5.74, 6) is -0.0841. The lowest BCUT2D eigenvalue weighted by atomic mass is 9.94. The molecule has 0 aliphatic carbocycles. The number of benzene rings is 1. The van der Waals surface area contributed by atoms with Gasteiger partial charge < -0.3 is 5.32 Å². The molecule has 0 fully saturated rings. The highest BCUT2D eigenvalue weighted by Crippen LogP contribution is 2.22. The third-order valence-electron chi connectivity index (χ3n) is 3.27. The molecule has 0 aliphatic rings. The maximum atomic E-state index is 14.0. The highest BCUT2D eigenvalue weighted by atomic mass is 19.1. The Morgan fingerprint density at radius 1 is 1.35 bits per heavy atom. The van der Waals surface area contributed by atoms with Gasteiger partial charge in [-0.25, -0.2) is 4.39 Å². The number of hydrogen-bond acceptors (Lipinski definition) is 3. The van der Waals surface area contributed by atoms with E-state index in [0.717, 1.165) is 30.8 Å². The summed E-state index contributed by atoms with van der Waals surface area (Å²) in [7, 11) is 1.84. The molecule has 0 radical (unpaired) electrons. The topological polar surface area (TPSA) is 42.7 Å². The van der Waals surface area contributed by atoms with Crippen molar-refractivity contribution in [2.75, 3.05) is 13.1 Å². The van der Waals surface area contributed by atoms with Crippen LogP contribution >= 0.6 is 0 Å². The molecule has 0 amide bonds. The molecule has 5 heteroatoms. The van der Waals surface area contributed by atoms with E-state index in [9.17, 15) is 4.39 Å². The van der Waals surface area contributed by atoms with Crippen molar-refractivity contribution in [3.05, 3.63) is 47.5 Å². The van der Waals surface area contributed by atoms with E-state index in [2.05, 4.69) is 22.6 Å². The van der Waals surface area contributed by atoms with E-state index in [-0.39, 0.29) is 11.7 Å². The van der Waals surface area contributed by atoms with Crippen molar-refractivity contribution in [1.29, 1.82) is 0 Å². The first-order valence-corrected chi connectivity index (χ1v) is 7.01. The molecule has 20 heavy (non-hydrogen) atoms. The van der Waals surface area contributed by atoms with Gasteiger partial charge in [0.25, 0.3) is 0 Å². The average molecular weight is 276 g/mol. The quantitative estimate of drug-likeness (QED) is 0.789. The van der Waals surface area contributed by atoms with Gasteiger partial charge in [0.05, 0.1) is 5.69 Å². The number of nitrogens with zero attached hydrogens (tertiary/aromatic N) is 3. The van der Waals surface area contributed by atoms with Gasteiger partial charge >= 0.3 is 0 Å². The van der Waals surface area contributed by atoms with Crippen LogP contribution in [-0.4, -0.2) is 28.1 Å². The highest BCUT2D eigenvalue weighted by molar-refractivity contribution is 5.23. The monoisotopic (exact) mass is 276 g/mol. The van der Waals surface area contributed by atoms with Crippen LogP contribution < -0.4 is 5.32 Å². The lowest BCUT2D eigenvalue weighted by Crippen LogP contribution is -2.24. The second-order valence-electron chi connectivity index (χ2n) is 5.01. The van der Waals surface area contributed by atoms with Crippen LogP contribution in [0, 0.1) is 5.82 Å². The lowest BCUT2D eigenvalue weighted by molar-refractivity contribution is 0.533. The average Bonchev–Trinajstić information content (AvgIpc) is 2.84. The van der Waals surface area contributed by atoms with Crippen LogP contribution in [0.3, 0.4) is 0 Å². The minimum atomic E-state index is -0.153. The number of rotatable bonds is 7. The Hall–Kier alpha value is -1.75. The van der Waals surface area contributed by atoms with Gasteiger partial charge in [-0.3, -0.25) is 4.68 Å². The van der Waals surface area contributed by atoms with Crippen LogP contribution in [-0.2, 0) is 13.5 Å². The number of aromatic nitrogens is 3. The van der Waals surface area contributed by atoms with Crippen molar-refractivity contribution in [2.45, 2.75) is 25.7 Å². The van der Waals surface area contributed by atoms with E-state index in [1.807, 2.05) is 25.4 Å². The summed E-state index contributed by atoms with van der Waals surface area (Å²) in [6, 6.07) is 6.96. The Kier molecular flexibility index (Phi) is 5.24. The van der Waals surface area contributed by atoms with E-state index in [4.69, 9.17) is 0 Å². The summed E-state index contributed by atoms with van der Waals surface area (Å²) in [6.07, 6.45) is 3.63.